The molecule has 3 N–H and O–H groups in total. The molecule has 0 aromatic heterocycles. The predicted octanol–water partition coefficient (Wildman–Crippen LogP) is 2.84. The first-order chi connectivity index (χ1) is 10.8. The Morgan fingerprint density at radius 2 is 1.60 bits per heavy atom. The number of sulfonamides is 1. The third-order valence-corrected chi connectivity index (χ3v) is 4.72. The van der Waals surface area contributed by atoms with Gasteiger partial charge in [0.05, 0.1) is 4.90 Å². The highest BCUT2D eigenvalue weighted by Gasteiger charge is 2.24. The van der Waals surface area contributed by atoms with Gasteiger partial charge in [-0.25, -0.2) is 13.1 Å². The van der Waals surface area contributed by atoms with Crippen LogP contribution in [0.15, 0.2) is 34.2 Å². The van der Waals surface area contributed by atoms with E-state index in [1.165, 1.54) is 0 Å². The van der Waals surface area contributed by atoms with E-state index in [1.54, 1.807) is 25.2 Å². The topological polar surface area (TPSA) is 82.6 Å². The highest BCUT2D eigenvalue weighted by molar-refractivity contribution is 14.0. The van der Waals surface area contributed by atoms with Crippen LogP contribution in [-0.4, -0.2) is 32.5 Å². The lowest BCUT2D eigenvalue weighted by molar-refractivity contribution is 0.490. The van der Waals surface area contributed by atoms with Crippen LogP contribution in [0.2, 0.25) is 0 Å². The number of benzene rings is 1. The Balaban J connectivity index is 0.00000576. The lowest BCUT2D eigenvalue weighted by atomic mass is 10.1. The minimum atomic E-state index is -3.59. The second-order valence-corrected chi connectivity index (χ2v) is 9.41. The third kappa shape index (κ3) is 8.87. The fourth-order valence-corrected chi connectivity index (χ4v) is 3.74. The fourth-order valence-electron chi connectivity index (χ4n) is 2.08. The lowest BCUT2D eigenvalue weighted by Gasteiger charge is -2.24. The van der Waals surface area contributed by atoms with Gasteiger partial charge >= 0.3 is 0 Å². The molecule has 0 aliphatic heterocycles. The van der Waals surface area contributed by atoms with Crippen LogP contribution in [0.5, 0.6) is 0 Å². The maximum Gasteiger partial charge on any atom is 0.241 e. The molecule has 0 spiro atoms. The Bertz CT molecular complexity index is 689. The lowest BCUT2D eigenvalue weighted by Crippen LogP contribution is -2.47. The summed E-state index contributed by atoms with van der Waals surface area (Å²) in [4.78, 5) is 4.45. The summed E-state index contributed by atoms with van der Waals surface area (Å²) in [5.41, 5.74) is 0.0101. The van der Waals surface area contributed by atoms with Crippen molar-refractivity contribution in [3.8, 4) is 0 Å². The molecule has 0 saturated heterocycles. The predicted molar refractivity (Wildman–Crippen MR) is 115 cm³/mol. The highest BCUT2D eigenvalue weighted by Crippen LogP contribution is 2.17. The fraction of sp³-hybridized carbons (Fsp3) is 0.588. The summed E-state index contributed by atoms with van der Waals surface area (Å²) in [6.07, 6.45) is 0. The van der Waals surface area contributed by atoms with E-state index in [0.29, 0.717) is 18.1 Å². The van der Waals surface area contributed by atoms with Crippen molar-refractivity contribution < 1.29 is 8.42 Å². The van der Waals surface area contributed by atoms with Crippen LogP contribution in [0.25, 0.3) is 0 Å². The van der Waals surface area contributed by atoms with Gasteiger partial charge in [-0.2, -0.15) is 0 Å². The van der Waals surface area contributed by atoms with Crippen molar-refractivity contribution in [2.45, 2.75) is 64.1 Å². The number of nitrogens with zero attached hydrogens (tertiary/aromatic N) is 1. The molecule has 0 fully saturated rings. The Morgan fingerprint density at radius 3 is 2.08 bits per heavy atom. The molecule has 0 bridgehead atoms. The van der Waals surface area contributed by atoms with Crippen LogP contribution in [0, 0.1) is 0 Å². The second-order valence-electron chi connectivity index (χ2n) is 7.76. The number of rotatable bonds is 4. The van der Waals surface area contributed by atoms with Crippen molar-refractivity contribution in [3.63, 3.8) is 0 Å². The molecule has 1 aromatic rings. The SMILES string of the molecule is CN=C(NCc1ccccc1S(=O)(=O)NC(C)(C)C)NC(C)(C)C.I. The minimum absolute atomic E-state index is 0. The number of hydrogen-bond donors (Lipinski definition) is 3. The smallest absolute Gasteiger partial charge is 0.241 e. The average Bonchev–Trinajstić information content (AvgIpc) is 2.40. The number of hydrogen-bond acceptors (Lipinski definition) is 3. The van der Waals surface area contributed by atoms with Gasteiger partial charge in [0.1, 0.15) is 0 Å². The number of halogens is 1. The molecule has 1 aromatic carbocycles. The van der Waals surface area contributed by atoms with E-state index < -0.39 is 15.6 Å². The third-order valence-electron chi connectivity index (χ3n) is 2.87. The normalized spacial score (nSPS) is 13.2. The zero-order chi connectivity index (χ0) is 18.6. The molecule has 0 atom stereocenters. The van der Waals surface area contributed by atoms with Gasteiger partial charge in [-0.05, 0) is 53.2 Å². The van der Waals surface area contributed by atoms with Crippen molar-refractivity contribution in [1.82, 2.24) is 15.4 Å². The summed E-state index contributed by atoms with van der Waals surface area (Å²) in [7, 11) is -1.90. The van der Waals surface area contributed by atoms with Crippen molar-refractivity contribution in [2.75, 3.05) is 7.05 Å². The van der Waals surface area contributed by atoms with Crippen molar-refractivity contribution >= 4 is 40.0 Å². The second kappa shape index (κ2) is 9.18. The van der Waals surface area contributed by atoms with Crippen LogP contribution < -0.4 is 15.4 Å². The van der Waals surface area contributed by atoms with Gasteiger partial charge in [0.2, 0.25) is 10.0 Å². The Morgan fingerprint density at radius 1 is 1.04 bits per heavy atom. The molecule has 8 heteroatoms. The van der Waals surface area contributed by atoms with E-state index in [4.69, 9.17) is 0 Å². The molecule has 0 radical (unpaired) electrons. The van der Waals surface area contributed by atoms with E-state index >= 15 is 0 Å². The first-order valence-electron chi connectivity index (χ1n) is 7.95. The van der Waals surface area contributed by atoms with Gasteiger partial charge in [-0.3, -0.25) is 4.99 Å². The molecule has 0 amide bonds. The summed E-state index contributed by atoms with van der Waals surface area (Å²) in [6, 6.07) is 6.97. The molecule has 0 heterocycles. The molecular weight excluding hydrogens is 451 g/mol. The van der Waals surface area contributed by atoms with Crippen LogP contribution >= 0.6 is 24.0 Å². The highest BCUT2D eigenvalue weighted by atomic mass is 127. The number of nitrogens with one attached hydrogen (secondary N) is 3. The molecule has 144 valence electrons. The molecular formula is C17H31IN4O2S. The van der Waals surface area contributed by atoms with Crippen LogP contribution in [0.1, 0.15) is 47.1 Å². The summed E-state index contributed by atoms with van der Waals surface area (Å²) in [5, 5.41) is 6.41. The summed E-state index contributed by atoms with van der Waals surface area (Å²) < 4.78 is 27.9. The van der Waals surface area contributed by atoms with Crippen LogP contribution in [0.3, 0.4) is 0 Å². The Labute approximate surface area is 169 Å². The zero-order valence-electron chi connectivity index (χ0n) is 16.1. The Hall–Kier alpha value is -0.870. The Kier molecular flexibility index (Phi) is 8.86. The maximum atomic E-state index is 12.6. The van der Waals surface area contributed by atoms with Gasteiger partial charge in [-0.1, -0.05) is 18.2 Å². The van der Waals surface area contributed by atoms with Crippen molar-refractivity contribution in [1.29, 1.82) is 0 Å². The van der Waals surface area contributed by atoms with Gasteiger partial charge < -0.3 is 10.6 Å². The maximum absolute atomic E-state index is 12.6. The van der Waals surface area contributed by atoms with E-state index in [2.05, 4.69) is 20.3 Å². The van der Waals surface area contributed by atoms with Crippen molar-refractivity contribution in [2.24, 2.45) is 4.99 Å². The van der Waals surface area contributed by atoms with Gasteiger partial charge in [0.25, 0.3) is 0 Å². The zero-order valence-corrected chi connectivity index (χ0v) is 19.2. The summed E-state index contributed by atoms with van der Waals surface area (Å²) in [6.45, 7) is 11.9. The molecule has 0 saturated carbocycles. The summed E-state index contributed by atoms with van der Waals surface area (Å²) >= 11 is 0. The van der Waals surface area contributed by atoms with Gasteiger partial charge in [0, 0.05) is 24.7 Å². The quantitative estimate of drug-likeness (QED) is 0.350. The van der Waals surface area contributed by atoms with E-state index in [9.17, 15) is 8.42 Å². The van der Waals surface area contributed by atoms with Gasteiger partial charge in [0.15, 0.2) is 5.96 Å². The van der Waals surface area contributed by atoms with E-state index in [-0.39, 0.29) is 34.4 Å². The van der Waals surface area contributed by atoms with E-state index in [1.807, 2.05) is 47.6 Å². The first kappa shape index (κ1) is 24.1. The standard InChI is InChI=1S/C17H30N4O2S.HI/c1-16(2,3)20-15(18-7)19-12-13-10-8-9-11-14(13)24(22,23)21-17(4,5)6;/h8-11,21H,12H2,1-7H3,(H2,18,19,20);1H. The van der Waals surface area contributed by atoms with Crippen LogP contribution in [0.4, 0.5) is 0 Å². The average molecular weight is 482 g/mol. The molecule has 25 heavy (non-hydrogen) atoms. The summed E-state index contributed by atoms with van der Waals surface area (Å²) in [5.74, 6) is 0.624. The molecule has 0 aliphatic carbocycles. The first-order valence-corrected chi connectivity index (χ1v) is 9.43. The number of aliphatic imine (C=N–C) groups is 1. The van der Waals surface area contributed by atoms with Crippen LogP contribution in [-0.2, 0) is 16.6 Å². The van der Waals surface area contributed by atoms with Crippen molar-refractivity contribution in [3.05, 3.63) is 29.8 Å². The molecule has 1 rings (SSSR count). The monoisotopic (exact) mass is 482 g/mol. The molecule has 0 aliphatic rings. The minimum Gasteiger partial charge on any atom is -0.352 e. The molecule has 6 nitrogen and oxygen atoms in total. The number of guanidine groups is 1. The van der Waals surface area contributed by atoms with Gasteiger partial charge in [-0.15, -0.1) is 24.0 Å². The van der Waals surface area contributed by atoms with E-state index in [0.717, 1.165) is 0 Å². The molecule has 0 unspecified atom stereocenters. The largest absolute Gasteiger partial charge is 0.352 e.